The standard InChI is InChI=1S/C26H34N2O4/c1-17-12-18(2)16-28(15-17)26(30)21-7-6-19(3)23(14-21)27-25(29)11-8-20-13-22(31-4)9-10-24(20)32-5/h6-7,9-10,13-14,17-18H,8,11-12,15-16H2,1-5H3,(H,27,29). The third-order valence-electron chi connectivity index (χ3n) is 6.02. The van der Waals surface area contributed by atoms with E-state index in [4.69, 9.17) is 9.47 Å². The van der Waals surface area contributed by atoms with E-state index in [0.29, 0.717) is 35.9 Å². The van der Waals surface area contributed by atoms with E-state index in [-0.39, 0.29) is 11.8 Å². The molecular formula is C26H34N2O4. The topological polar surface area (TPSA) is 67.9 Å². The van der Waals surface area contributed by atoms with E-state index >= 15 is 0 Å². The number of methoxy groups -OCH3 is 2. The van der Waals surface area contributed by atoms with Gasteiger partial charge in [-0.1, -0.05) is 19.9 Å². The Bertz CT molecular complexity index is 962. The number of ether oxygens (including phenoxy) is 2. The average Bonchev–Trinajstić information content (AvgIpc) is 2.77. The highest BCUT2D eigenvalue weighted by molar-refractivity contribution is 5.98. The van der Waals surface area contributed by atoms with Gasteiger partial charge >= 0.3 is 0 Å². The summed E-state index contributed by atoms with van der Waals surface area (Å²) in [5.74, 6) is 2.38. The molecule has 2 unspecified atom stereocenters. The molecule has 32 heavy (non-hydrogen) atoms. The normalized spacial score (nSPS) is 18.2. The van der Waals surface area contributed by atoms with E-state index in [9.17, 15) is 9.59 Å². The molecule has 0 saturated carbocycles. The lowest BCUT2D eigenvalue weighted by Gasteiger charge is -2.35. The summed E-state index contributed by atoms with van der Waals surface area (Å²) in [7, 11) is 3.22. The molecule has 2 atom stereocenters. The van der Waals surface area contributed by atoms with Crippen molar-refractivity contribution in [1.82, 2.24) is 4.90 Å². The number of hydrogen-bond donors (Lipinski definition) is 1. The molecule has 1 aliphatic heterocycles. The van der Waals surface area contributed by atoms with Gasteiger partial charge in [-0.3, -0.25) is 9.59 Å². The van der Waals surface area contributed by atoms with E-state index in [1.165, 1.54) is 0 Å². The second-order valence-electron chi connectivity index (χ2n) is 8.91. The fraction of sp³-hybridized carbons (Fsp3) is 0.462. The number of carbonyl (C=O) groups is 2. The van der Waals surface area contributed by atoms with Gasteiger partial charge in [0.2, 0.25) is 5.91 Å². The molecule has 0 aromatic heterocycles. The van der Waals surface area contributed by atoms with Gasteiger partial charge in [0.15, 0.2) is 0 Å². The van der Waals surface area contributed by atoms with Gasteiger partial charge in [0, 0.05) is 30.8 Å². The van der Waals surface area contributed by atoms with Crippen LogP contribution in [-0.4, -0.2) is 44.0 Å². The average molecular weight is 439 g/mol. The van der Waals surface area contributed by atoms with Crippen molar-refractivity contribution in [1.29, 1.82) is 0 Å². The summed E-state index contributed by atoms with van der Waals surface area (Å²) in [4.78, 5) is 27.7. The van der Waals surface area contributed by atoms with E-state index in [2.05, 4.69) is 19.2 Å². The van der Waals surface area contributed by atoms with Crippen molar-refractivity contribution in [3.05, 3.63) is 53.1 Å². The van der Waals surface area contributed by atoms with Gasteiger partial charge in [0.05, 0.1) is 14.2 Å². The maximum Gasteiger partial charge on any atom is 0.253 e. The zero-order valence-electron chi connectivity index (χ0n) is 19.7. The number of amides is 2. The predicted octanol–water partition coefficient (Wildman–Crippen LogP) is 4.70. The smallest absolute Gasteiger partial charge is 0.253 e. The molecule has 2 aromatic carbocycles. The summed E-state index contributed by atoms with van der Waals surface area (Å²) in [5.41, 5.74) is 3.13. The SMILES string of the molecule is COc1ccc(OC)c(CCC(=O)Nc2cc(C(=O)N3CC(C)CC(C)C3)ccc2C)c1. The molecular weight excluding hydrogens is 404 g/mol. The first-order valence-electron chi connectivity index (χ1n) is 11.2. The van der Waals surface area contributed by atoms with Crippen molar-refractivity contribution in [2.75, 3.05) is 32.6 Å². The van der Waals surface area contributed by atoms with E-state index in [0.717, 1.165) is 42.1 Å². The van der Waals surface area contributed by atoms with E-state index in [1.54, 1.807) is 20.3 Å². The molecule has 1 saturated heterocycles. The first-order valence-corrected chi connectivity index (χ1v) is 11.2. The third-order valence-corrected chi connectivity index (χ3v) is 6.02. The molecule has 0 radical (unpaired) electrons. The third kappa shape index (κ3) is 5.81. The quantitative estimate of drug-likeness (QED) is 0.680. The largest absolute Gasteiger partial charge is 0.497 e. The Labute approximate surface area is 190 Å². The van der Waals surface area contributed by atoms with Gasteiger partial charge in [-0.25, -0.2) is 0 Å². The van der Waals surface area contributed by atoms with E-state index < -0.39 is 0 Å². The van der Waals surface area contributed by atoms with Crippen molar-refractivity contribution < 1.29 is 19.1 Å². The Kier molecular flexibility index (Phi) is 7.78. The number of likely N-dealkylation sites (tertiary alicyclic amines) is 1. The molecule has 2 aromatic rings. The minimum Gasteiger partial charge on any atom is -0.497 e. The van der Waals surface area contributed by atoms with Crippen molar-refractivity contribution in [3.63, 3.8) is 0 Å². The van der Waals surface area contributed by atoms with Crippen LogP contribution in [0.5, 0.6) is 11.5 Å². The van der Waals surface area contributed by atoms with Crippen LogP contribution in [0.25, 0.3) is 0 Å². The Morgan fingerprint density at radius 1 is 1.03 bits per heavy atom. The molecule has 6 nitrogen and oxygen atoms in total. The zero-order chi connectivity index (χ0) is 23.3. The number of piperidine rings is 1. The summed E-state index contributed by atoms with van der Waals surface area (Å²) in [6, 6.07) is 11.1. The number of anilines is 1. The molecule has 0 aliphatic carbocycles. The monoisotopic (exact) mass is 438 g/mol. The molecule has 6 heteroatoms. The molecule has 2 amide bonds. The van der Waals surface area contributed by atoms with Crippen LogP contribution in [0.3, 0.4) is 0 Å². The number of benzene rings is 2. The Balaban J connectivity index is 1.67. The first kappa shape index (κ1) is 23.6. The molecule has 1 heterocycles. The Morgan fingerprint density at radius 3 is 2.41 bits per heavy atom. The Hall–Kier alpha value is -3.02. The predicted molar refractivity (Wildman–Crippen MR) is 127 cm³/mol. The number of rotatable bonds is 7. The van der Waals surface area contributed by atoms with Gasteiger partial charge in [0.1, 0.15) is 11.5 Å². The lowest BCUT2D eigenvalue weighted by atomic mass is 9.91. The lowest BCUT2D eigenvalue weighted by molar-refractivity contribution is -0.116. The molecule has 0 bridgehead atoms. The highest BCUT2D eigenvalue weighted by Gasteiger charge is 2.26. The van der Waals surface area contributed by atoms with Crippen LogP contribution < -0.4 is 14.8 Å². The molecule has 1 aliphatic rings. The van der Waals surface area contributed by atoms with Crippen LogP contribution in [0.15, 0.2) is 36.4 Å². The van der Waals surface area contributed by atoms with Gasteiger partial charge in [0.25, 0.3) is 5.91 Å². The van der Waals surface area contributed by atoms with E-state index in [1.807, 2.05) is 42.2 Å². The Morgan fingerprint density at radius 2 is 1.75 bits per heavy atom. The van der Waals surface area contributed by atoms with Crippen LogP contribution in [-0.2, 0) is 11.2 Å². The minimum atomic E-state index is -0.109. The molecule has 1 N–H and O–H groups in total. The van der Waals surface area contributed by atoms with Crippen LogP contribution in [0.4, 0.5) is 5.69 Å². The number of aryl methyl sites for hydroxylation is 2. The summed E-state index contributed by atoms with van der Waals surface area (Å²) < 4.78 is 10.7. The number of hydrogen-bond acceptors (Lipinski definition) is 4. The van der Waals surface area contributed by atoms with Gasteiger partial charge in [-0.2, -0.15) is 0 Å². The lowest BCUT2D eigenvalue weighted by Crippen LogP contribution is -2.42. The molecule has 172 valence electrons. The van der Waals surface area contributed by atoms with Crippen molar-refractivity contribution in [2.45, 2.75) is 40.0 Å². The molecule has 1 fully saturated rings. The van der Waals surface area contributed by atoms with Crippen molar-refractivity contribution in [2.24, 2.45) is 11.8 Å². The molecule has 0 spiro atoms. The van der Waals surface area contributed by atoms with Crippen LogP contribution in [0.1, 0.15) is 48.2 Å². The van der Waals surface area contributed by atoms with Crippen LogP contribution in [0, 0.1) is 18.8 Å². The summed E-state index contributed by atoms with van der Waals surface area (Å²) >= 11 is 0. The maximum absolute atomic E-state index is 13.1. The van der Waals surface area contributed by atoms with Crippen molar-refractivity contribution in [3.8, 4) is 11.5 Å². The van der Waals surface area contributed by atoms with Gasteiger partial charge < -0.3 is 19.7 Å². The fourth-order valence-corrected chi connectivity index (χ4v) is 4.44. The summed E-state index contributed by atoms with van der Waals surface area (Å²) in [6.07, 6.45) is 1.97. The second-order valence-corrected chi connectivity index (χ2v) is 8.91. The minimum absolute atomic E-state index is 0.0278. The number of nitrogens with one attached hydrogen (secondary N) is 1. The molecule has 3 rings (SSSR count). The fourth-order valence-electron chi connectivity index (χ4n) is 4.44. The zero-order valence-corrected chi connectivity index (χ0v) is 19.7. The second kappa shape index (κ2) is 10.5. The van der Waals surface area contributed by atoms with Crippen molar-refractivity contribution >= 4 is 17.5 Å². The summed E-state index contributed by atoms with van der Waals surface area (Å²) in [6.45, 7) is 7.87. The highest BCUT2D eigenvalue weighted by Crippen LogP contribution is 2.26. The van der Waals surface area contributed by atoms with Gasteiger partial charge in [-0.05, 0) is 73.1 Å². The number of carbonyl (C=O) groups excluding carboxylic acids is 2. The summed E-state index contributed by atoms with van der Waals surface area (Å²) in [5, 5.41) is 2.98. The van der Waals surface area contributed by atoms with Gasteiger partial charge in [-0.15, -0.1) is 0 Å². The first-order chi connectivity index (χ1) is 15.3. The number of nitrogens with zero attached hydrogens (tertiary/aromatic N) is 1. The maximum atomic E-state index is 13.1. The highest BCUT2D eigenvalue weighted by atomic mass is 16.5. The van der Waals surface area contributed by atoms with Crippen LogP contribution >= 0.6 is 0 Å². The van der Waals surface area contributed by atoms with Crippen LogP contribution in [0.2, 0.25) is 0 Å².